The van der Waals surface area contributed by atoms with Crippen LogP contribution in [-0.4, -0.2) is 52.6 Å². The molecule has 5 amide bonds. The van der Waals surface area contributed by atoms with Gasteiger partial charge in [-0.25, -0.2) is 9.18 Å². The molecule has 12 heteroatoms. The first-order valence-electron chi connectivity index (χ1n) is 11.6. The summed E-state index contributed by atoms with van der Waals surface area (Å²) in [5, 5.41) is 4.74. The molecule has 3 aliphatic heterocycles. The van der Waals surface area contributed by atoms with Crippen LogP contribution in [0.5, 0.6) is 0 Å². The van der Waals surface area contributed by atoms with Crippen molar-refractivity contribution >= 4 is 41.3 Å². The Morgan fingerprint density at radius 1 is 1.16 bits per heavy atom. The molecule has 10 nitrogen and oxygen atoms in total. The van der Waals surface area contributed by atoms with Gasteiger partial charge < -0.3 is 19.9 Å². The van der Waals surface area contributed by atoms with Crippen molar-refractivity contribution in [1.82, 2.24) is 20.4 Å². The van der Waals surface area contributed by atoms with Gasteiger partial charge in [0.05, 0.1) is 11.1 Å². The maximum absolute atomic E-state index is 15.3. The van der Waals surface area contributed by atoms with Crippen LogP contribution in [0.4, 0.5) is 9.18 Å². The Bertz CT molecular complexity index is 1380. The molecule has 0 bridgehead atoms. The van der Waals surface area contributed by atoms with Crippen LogP contribution >= 0.6 is 11.6 Å². The first kappa shape index (κ1) is 24.7. The van der Waals surface area contributed by atoms with Crippen LogP contribution in [0.25, 0.3) is 0 Å². The van der Waals surface area contributed by atoms with Crippen LogP contribution in [0.3, 0.4) is 0 Å². The van der Waals surface area contributed by atoms with Crippen LogP contribution in [0.2, 0.25) is 5.02 Å². The standard InChI is InChI=1S/C25H22ClFN4O6/c1-30-9-12-3-2-4-13(19(12)23(30)34)11-37-25(36)28-8-14-7-16(26)15-10-31(24(35)20(15)21(14)27)17-5-6-18(32)29-22(17)33/h2-4,7,17H,5-6,8-11H2,1H3,(H,28,36)(H,29,32,33). The molecule has 2 aromatic carbocycles. The molecule has 1 unspecified atom stereocenters. The molecule has 0 aromatic heterocycles. The normalized spacial score (nSPS) is 18.6. The third kappa shape index (κ3) is 4.39. The minimum atomic E-state index is -0.907. The molecule has 3 heterocycles. The predicted octanol–water partition coefficient (Wildman–Crippen LogP) is 2.25. The van der Waals surface area contributed by atoms with Crippen molar-refractivity contribution in [1.29, 1.82) is 0 Å². The number of nitrogens with zero attached hydrogens (tertiary/aromatic N) is 2. The summed E-state index contributed by atoms with van der Waals surface area (Å²) in [6.45, 7) is -0.0488. The zero-order valence-corrected chi connectivity index (χ0v) is 20.5. The van der Waals surface area contributed by atoms with E-state index in [4.69, 9.17) is 16.3 Å². The summed E-state index contributed by atoms with van der Waals surface area (Å²) in [4.78, 5) is 64.1. The molecule has 0 aliphatic carbocycles. The number of alkyl carbamates (subject to hydrolysis) is 1. The molecule has 1 saturated heterocycles. The summed E-state index contributed by atoms with van der Waals surface area (Å²) in [5.41, 5.74) is 1.87. The van der Waals surface area contributed by atoms with E-state index >= 15 is 4.39 Å². The molecular weight excluding hydrogens is 507 g/mol. The molecular formula is C25H22ClFN4O6. The van der Waals surface area contributed by atoms with Gasteiger partial charge in [0.2, 0.25) is 11.8 Å². The first-order chi connectivity index (χ1) is 17.7. The van der Waals surface area contributed by atoms with Gasteiger partial charge >= 0.3 is 6.09 Å². The van der Waals surface area contributed by atoms with Gasteiger partial charge in [-0.2, -0.15) is 0 Å². The van der Waals surface area contributed by atoms with E-state index in [1.54, 1.807) is 24.1 Å². The van der Waals surface area contributed by atoms with Gasteiger partial charge in [0.15, 0.2) is 0 Å². The monoisotopic (exact) mass is 528 g/mol. The lowest BCUT2D eigenvalue weighted by Crippen LogP contribution is -2.52. The lowest BCUT2D eigenvalue weighted by atomic mass is 10.0. The van der Waals surface area contributed by atoms with E-state index in [2.05, 4.69) is 10.6 Å². The molecule has 2 aromatic rings. The number of halogens is 2. The quantitative estimate of drug-likeness (QED) is 0.573. The van der Waals surface area contributed by atoms with E-state index in [1.807, 2.05) is 6.07 Å². The number of benzene rings is 2. The van der Waals surface area contributed by atoms with Gasteiger partial charge in [-0.1, -0.05) is 29.8 Å². The van der Waals surface area contributed by atoms with Crippen molar-refractivity contribution in [2.45, 2.75) is 45.1 Å². The Morgan fingerprint density at radius 3 is 2.70 bits per heavy atom. The van der Waals surface area contributed by atoms with Gasteiger partial charge in [-0.3, -0.25) is 24.5 Å². The highest BCUT2D eigenvalue weighted by atomic mass is 35.5. The zero-order chi connectivity index (χ0) is 26.4. The number of nitrogens with one attached hydrogen (secondary N) is 2. The second-order valence-corrected chi connectivity index (χ2v) is 9.53. The van der Waals surface area contributed by atoms with Crippen molar-refractivity contribution in [3.8, 4) is 0 Å². The van der Waals surface area contributed by atoms with Gasteiger partial charge in [-0.05, 0) is 18.1 Å². The van der Waals surface area contributed by atoms with E-state index in [0.29, 0.717) is 17.7 Å². The number of piperidine rings is 1. The van der Waals surface area contributed by atoms with E-state index in [9.17, 15) is 24.0 Å². The molecule has 1 fully saturated rings. The highest BCUT2D eigenvalue weighted by Crippen LogP contribution is 2.35. The summed E-state index contributed by atoms with van der Waals surface area (Å²) in [6, 6.07) is 5.72. The molecule has 0 spiro atoms. The molecule has 192 valence electrons. The van der Waals surface area contributed by atoms with E-state index in [0.717, 1.165) is 5.56 Å². The number of carbonyl (C=O) groups is 5. The molecule has 5 rings (SSSR count). The first-order valence-corrected chi connectivity index (χ1v) is 11.9. The number of imide groups is 1. The van der Waals surface area contributed by atoms with E-state index in [-0.39, 0.29) is 60.2 Å². The van der Waals surface area contributed by atoms with E-state index in [1.165, 1.54) is 11.0 Å². The van der Waals surface area contributed by atoms with Crippen LogP contribution in [-0.2, 0) is 40.6 Å². The Kier molecular flexibility index (Phi) is 6.32. The topological polar surface area (TPSA) is 125 Å². The highest BCUT2D eigenvalue weighted by Gasteiger charge is 2.42. The fourth-order valence-corrected chi connectivity index (χ4v) is 5.18. The van der Waals surface area contributed by atoms with Crippen LogP contribution in [0.1, 0.15) is 55.8 Å². The summed E-state index contributed by atoms with van der Waals surface area (Å²) in [6.07, 6.45) is -0.638. The number of hydrogen-bond acceptors (Lipinski definition) is 6. The van der Waals surface area contributed by atoms with Gasteiger partial charge in [0.1, 0.15) is 18.5 Å². The molecule has 1 atom stereocenters. The zero-order valence-electron chi connectivity index (χ0n) is 19.7. The lowest BCUT2D eigenvalue weighted by Gasteiger charge is -2.29. The number of fused-ring (bicyclic) bond motifs is 2. The average molecular weight is 529 g/mol. The largest absolute Gasteiger partial charge is 0.445 e. The van der Waals surface area contributed by atoms with Crippen molar-refractivity contribution < 1.29 is 33.1 Å². The second-order valence-electron chi connectivity index (χ2n) is 9.13. The van der Waals surface area contributed by atoms with Crippen molar-refractivity contribution in [3.05, 3.63) is 68.5 Å². The number of ether oxygens (including phenoxy) is 1. The summed E-state index contributed by atoms with van der Waals surface area (Å²) in [7, 11) is 1.69. The summed E-state index contributed by atoms with van der Waals surface area (Å²) >= 11 is 6.33. The smallest absolute Gasteiger partial charge is 0.407 e. The Balaban J connectivity index is 1.25. The highest BCUT2D eigenvalue weighted by molar-refractivity contribution is 6.32. The van der Waals surface area contributed by atoms with Gasteiger partial charge in [0.25, 0.3) is 11.8 Å². The minimum Gasteiger partial charge on any atom is -0.445 e. The van der Waals surface area contributed by atoms with Crippen molar-refractivity contribution in [2.24, 2.45) is 0 Å². The summed E-state index contributed by atoms with van der Waals surface area (Å²) < 4.78 is 20.6. The maximum atomic E-state index is 15.3. The van der Waals surface area contributed by atoms with Crippen LogP contribution < -0.4 is 10.6 Å². The van der Waals surface area contributed by atoms with Crippen molar-refractivity contribution in [3.63, 3.8) is 0 Å². The predicted molar refractivity (Wildman–Crippen MR) is 127 cm³/mol. The third-order valence-corrected chi connectivity index (χ3v) is 7.11. The Morgan fingerprint density at radius 2 is 1.95 bits per heavy atom. The molecule has 3 aliphatic rings. The molecule has 2 N–H and O–H groups in total. The minimum absolute atomic E-state index is 0.0309. The SMILES string of the molecule is CN1Cc2cccc(COC(=O)NCc3cc(Cl)c4c(c3F)C(=O)N(C3CCC(=O)NC3=O)C4)c2C1=O. The molecule has 0 radical (unpaired) electrons. The van der Waals surface area contributed by atoms with Gasteiger partial charge in [0, 0.05) is 54.8 Å². The fraction of sp³-hybridized carbons (Fsp3) is 0.320. The lowest BCUT2D eigenvalue weighted by molar-refractivity contribution is -0.136. The number of hydrogen-bond donors (Lipinski definition) is 2. The maximum Gasteiger partial charge on any atom is 0.407 e. The van der Waals surface area contributed by atoms with Gasteiger partial charge in [-0.15, -0.1) is 0 Å². The molecule has 37 heavy (non-hydrogen) atoms. The average Bonchev–Trinajstić information content (AvgIpc) is 3.36. The Hall–Kier alpha value is -3.99. The van der Waals surface area contributed by atoms with Crippen LogP contribution in [0.15, 0.2) is 24.3 Å². The fourth-order valence-electron chi connectivity index (χ4n) is 4.90. The van der Waals surface area contributed by atoms with E-state index < -0.39 is 35.7 Å². The third-order valence-electron chi connectivity index (χ3n) is 6.77. The second kappa shape index (κ2) is 9.47. The molecule has 0 saturated carbocycles. The number of amides is 5. The Labute approximate surface area is 215 Å². The van der Waals surface area contributed by atoms with Crippen LogP contribution in [0, 0.1) is 5.82 Å². The van der Waals surface area contributed by atoms with Crippen molar-refractivity contribution in [2.75, 3.05) is 7.05 Å². The number of rotatable bonds is 5. The summed E-state index contributed by atoms with van der Waals surface area (Å²) in [5.74, 6) is -2.75. The number of carbonyl (C=O) groups excluding carboxylic acids is 5.